The Morgan fingerprint density at radius 3 is 2.58 bits per heavy atom. The van der Waals surface area contributed by atoms with Crippen LogP contribution >= 0.6 is 0 Å². The van der Waals surface area contributed by atoms with E-state index in [1.165, 1.54) is 11.1 Å². The molecule has 132 valence electrons. The number of aryl methyl sites for hydroxylation is 1. The van der Waals surface area contributed by atoms with Crippen LogP contribution < -0.4 is 0 Å². The third-order valence-electron chi connectivity index (χ3n) is 5.76. The molecule has 2 saturated heterocycles. The summed E-state index contributed by atoms with van der Waals surface area (Å²) in [5.41, 5.74) is 2.62. The topological polar surface area (TPSA) is 43.8 Å². The molecule has 2 atom stereocenters. The third kappa shape index (κ3) is 4.17. The van der Waals surface area contributed by atoms with Crippen LogP contribution in [0.5, 0.6) is 0 Å². The molecule has 4 nitrogen and oxygen atoms in total. The van der Waals surface area contributed by atoms with Gasteiger partial charge in [0.2, 0.25) is 5.91 Å². The van der Waals surface area contributed by atoms with Crippen LogP contribution in [0.25, 0.3) is 0 Å². The van der Waals surface area contributed by atoms with Gasteiger partial charge in [-0.2, -0.15) is 0 Å². The lowest BCUT2D eigenvalue weighted by Crippen LogP contribution is -2.52. The van der Waals surface area contributed by atoms with Gasteiger partial charge in [0.1, 0.15) is 0 Å². The summed E-state index contributed by atoms with van der Waals surface area (Å²) >= 11 is 0. The summed E-state index contributed by atoms with van der Waals surface area (Å²) < 4.78 is 0. The molecule has 2 heterocycles. The van der Waals surface area contributed by atoms with Gasteiger partial charge in [0.05, 0.1) is 6.10 Å². The minimum absolute atomic E-state index is 0.186. The highest BCUT2D eigenvalue weighted by Crippen LogP contribution is 2.26. The van der Waals surface area contributed by atoms with E-state index in [0.29, 0.717) is 12.0 Å². The van der Waals surface area contributed by atoms with E-state index in [-0.39, 0.29) is 12.0 Å². The van der Waals surface area contributed by atoms with Crippen molar-refractivity contribution in [3.8, 4) is 0 Å². The molecule has 2 fully saturated rings. The number of aliphatic hydroxyl groups is 1. The molecule has 0 bridgehead atoms. The van der Waals surface area contributed by atoms with E-state index in [4.69, 9.17) is 0 Å². The average molecular weight is 330 g/mol. The number of hydrogen-bond donors (Lipinski definition) is 1. The Morgan fingerprint density at radius 2 is 1.96 bits per heavy atom. The van der Waals surface area contributed by atoms with Crippen LogP contribution in [-0.2, 0) is 11.2 Å². The van der Waals surface area contributed by atoms with Crippen molar-refractivity contribution >= 4 is 5.91 Å². The fourth-order valence-electron chi connectivity index (χ4n) is 4.26. The first-order valence-corrected chi connectivity index (χ1v) is 9.26. The highest BCUT2D eigenvalue weighted by molar-refractivity contribution is 5.73. The second-order valence-corrected chi connectivity index (χ2v) is 7.54. The molecule has 4 heteroatoms. The largest absolute Gasteiger partial charge is 0.391 e. The number of carbonyl (C=O) groups excluding carboxylic acids is 1. The van der Waals surface area contributed by atoms with Crippen molar-refractivity contribution < 1.29 is 9.90 Å². The number of aliphatic hydroxyl groups excluding tert-OH is 1. The molecule has 0 saturated carbocycles. The van der Waals surface area contributed by atoms with E-state index in [2.05, 4.69) is 36.1 Å². The van der Waals surface area contributed by atoms with Crippen molar-refractivity contribution in [2.75, 3.05) is 26.2 Å². The van der Waals surface area contributed by atoms with Crippen LogP contribution in [0.3, 0.4) is 0 Å². The molecule has 1 aromatic carbocycles. The predicted octanol–water partition coefficient (Wildman–Crippen LogP) is 2.23. The molecular formula is C20H30N2O2. The molecule has 1 aromatic rings. The monoisotopic (exact) mass is 330 g/mol. The van der Waals surface area contributed by atoms with Crippen LogP contribution in [0.2, 0.25) is 0 Å². The molecule has 2 aliphatic heterocycles. The second-order valence-electron chi connectivity index (χ2n) is 7.54. The minimum Gasteiger partial charge on any atom is -0.391 e. The van der Waals surface area contributed by atoms with E-state index < -0.39 is 0 Å². The number of piperidine rings is 2. The average Bonchev–Trinajstić information content (AvgIpc) is 2.57. The van der Waals surface area contributed by atoms with Crippen LogP contribution in [0, 0.1) is 12.8 Å². The molecule has 0 aromatic heterocycles. The summed E-state index contributed by atoms with van der Waals surface area (Å²) in [5, 5.41) is 10.6. The number of rotatable bonds is 3. The molecule has 2 aliphatic rings. The summed E-state index contributed by atoms with van der Waals surface area (Å²) in [5.74, 6) is 0.547. The van der Waals surface area contributed by atoms with Crippen molar-refractivity contribution in [3.63, 3.8) is 0 Å². The van der Waals surface area contributed by atoms with Crippen LogP contribution in [0.15, 0.2) is 24.3 Å². The highest BCUT2D eigenvalue weighted by Gasteiger charge is 2.33. The van der Waals surface area contributed by atoms with Crippen molar-refractivity contribution in [3.05, 3.63) is 35.4 Å². The Hall–Kier alpha value is -1.39. The zero-order valence-corrected chi connectivity index (χ0v) is 14.9. The van der Waals surface area contributed by atoms with Crippen LogP contribution in [0.1, 0.15) is 37.3 Å². The fourth-order valence-corrected chi connectivity index (χ4v) is 4.26. The van der Waals surface area contributed by atoms with Crippen molar-refractivity contribution in [1.29, 1.82) is 0 Å². The highest BCUT2D eigenvalue weighted by atomic mass is 16.3. The van der Waals surface area contributed by atoms with Crippen molar-refractivity contribution in [2.45, 2.75) is 51.7 Å². The smallest absolute Gasteiger partial charge is 0.219 e. The molecule has 0 radical (unpaired) electrons. The fraction of sp³-hybridized carbons (Fsp3) is 0.650. The molecule has 0 aliphatic carbocycles. The quantitative estimate of drug-likeness (QED) is 0.924. The summed E-state index contributed by atoms with van der Waals surface area (Å²) in [6.45, 7) is 7.34. The first kappa shape index (κ1) is 17.4. The first-order valence-electron chi connectivity index (χ1n) is 9.26. The van der Waals surface area contributed by atoms with E-state index in [0.717, 1.165) is 51.9 Å². The standard InChI is InChI=1S/C20H30N2O2/c1-15-4-3-5-17(12-15)13-18-6-9-22(14-20(18)24)19-7-10-21(11-8-19)16(2)23/h3-5,12,18-20,24H,6-11,13-14H2,1-2H3/t18-,20+/m1/s1. The zero-order chi connectivity index (χ0) is 17.1. The predicted molar refractivity (Wildman–Crippen MR) is 95.8 cm³/mol. The summed E-state index contributed by atoms with van der Waals surface area (Å²) in [6.07, 6.45) is 3.86. The van der Waals surface area contributed by atoms with E-state index in [9.17, 15) is 9.90 Å². The van der Waals surface area contributed by atoms with E-state index in [1.54, 1.807) is 6.92 Å². The van der Waals surface area contributed by atoms with Gasteiger partial charge in [0.25, 0.3) is 0 Å². The van der Waals surface area contributed by atoms with E-state index in [1.807, 2.05) is 4.90 Å². The molecule has 24 heavy (non-hydrogen) atoms. The van der Waals surface area contributed by atoms with Crippen molar-refractivity contribution in [2.24, 2.45) is 5.92 Å². The summed E-state index contributed by atoms with van der Waals surface area (Å²) in [6, 6.07) is 9.15. The molecule has 0 unspecified atom stereocenters. The van der Waals surface area contributed by atoms with Gasteiger partial charge in [-0.15, -0.1) is 0 Å². The van der Waals surface area contributed by atoms with Gasteiger partial charge < -0.3 is 10.0 Å². The maximum Gasteiger partial charge on any atom is 0.219 e. The van der Waals surface area contributed by atoms with Gasteiger partial charge in [-0.1, -0.05) is 29.8 Å². The van der Waals surface area contributed by atoms with Gasteiger partial charge >= 0.3 is 0 Å². The van der Waals surface area contributed by atoms with Gasteiger partial charge in [0.15, 0.2) is 0 Å². The summed E-state index contributed by atoms with van der Waals surface area (Å²) in [4.78, 5) is 15.8. The number of amides is 1. The maximum atomic E-state index is 11.4. The van der Waals surface area contributed by atoms with Gasteiger partial charge in [-0.25, -0.2) is 0 Å². The number of benzene rings is 1. The first-order chi connectivity index (χ1) is 11.5. The van der Waals surface area contributed by atoms with Gasteiger partial charge in [-0.05, 0) is 50.6 Å². The molecule has 1 amide bonds. The van der Waals surface area contributed by atoms with Gasteiger partial charge in [0, 0.05) is 32.6 Å². The number of carbonyl (C=O) groups is 1. The zero-order valence-electron chi connectivity index (χ0n) is 14.9. The van der Waals surface area contributed by atoms with Crippen LogP contribution in [0.4, 0.5) is 0 Å². The normalized spacial score (nSPS) is 26.5. The van der Waals surface area contributed by atoms with Crippen LogP contribution in [-0.4, -0.2) is 59.1 Å². The summed E-state index contributed by atoms with van der Waals surface area (Å²) in [7, 11) is 0. The lowest BCUT2D eigenvalue weighted by molar-refractivity contribution is -0.130. The second kappa shape index (κ2) is 7.66. The Balaban J connectivity index is 1.51. The van der Waals surface area contributed by atoms with Crippen molar-refractivity contribution in [1.82, 2.24) is 9.80 Å². The SMILES string of the molecule is CC(=O)N1CCC(N2CC[C@H](Cc3cccc(C)c3)[C@@H](O)C2)CC1. The minimum atomic E-state index is -0.245. The Morgan fingerprint density at radius 1 is 1.21 bits per heavy atom. The Bertz CT molecular complexity index is 567. The molecule has 3 rings (SSSR count). The number of likely N-dealkylation sites (tertiary alicyclic amines) is 2. The molecule has 1 N–H and O–H groups in total. The third-order valence-corrected chi connectivity index (χ3v) is 5.76. The molecule has 0 spiro atoms. The number of hydrogen-bond acceptors (Lipinski definition) is 3. The lowest BCUT2D eigenvalue weighted by Gasteiger charge is -2.43. The van der Waals surface area contributed by atoms with Gasteiger partial charge in [-0.3, -0.25) is 9.69 Å². The molecular weight excluding hydrogens is 300 g/mol. The lowest BCUT2D eigenvalue weighted by atomic mass is 9.86. The Kier molecular flexibility index (Phi) is 5.57. The number of nitrogens with zero attached hydrogens (tertiary/aromatic N) is 2. The number of β-amino-alcohol motifs (C(OH)–C–C–N with tert-alkyl or cyclic N) is 1. The maximum absolute atomic E-state index is 11.4. The van der Waals surface area contributed by atoms with E-state index >= 15 is 0 Å². The Labute approximate surface area is 145 Å².